The van der Waals surface area contributed by atoms with E-state index in [9.17, 15) is 22.4 Å². The number of nitrogens with zero attached hydrogens (tertiary/aromatic N) is 2. The van der Waals surface area contributed by atoms with Crippen molar-refractivity contribution in [1.82, 2.24) is 10.2 Å². The molecule has 3 aromatic carbocycles. The molecule has 0 saturated carbocycles. The average molecular weight is 556 g/mol. The molecule has 3 aromatic rings. The molecule has 39 heavy (non-hydrogen) atoms. The summed E-state index contributed by atoms with van der Waals surface area (Å²) < 4.78 is 47.2. The van der Waals surface area contributed by atoms with Crippen LogP contribution in [0.3, 0.4) is 0 Å². The molecule has 0 aliphatic heterocycles. The maximum Gasteiger partial charge on any atom is 0.264 e. The summed E-state index contributed by atoms with van der Waals surface area (Å²) in [4.78, 5) is 28.1. The highest BCUT2D eigenvalue weighted by atomic mass is 32.2. The van der Waals surface area contributed by atoms with E-state index in [0.29, 0.717) is 23.5 Å². The van der Waals surface area contributed by atoms with E-state index >= 15 is 0 Å². The van der Waals surface area contributed by atoms with Crippen LogP contribution in [0.25, 0.3) is 0 Å². The zero-order chi connectivity index (χ0) is 28.6. The molecule has 0 saturated heterocycles. The van der Waals surface area contributed by atoms with Crippen LogP contribution in [0, 0.1) is 11.7 Å². The third kappa shape index (κ3) is 7.79. The molecule has 1 N–H and O–H groups in total. The molecule has 0 aliphatic carbocycles. The van der Waals surface area contributed by atoms with Crippen molar-refractivity contribution in [1.29, 1.82) is 0 Å². The van der Waals surface area contributed by atoms with Crippen LogP contribution >= 0.6 is 0 Å². The molecule has 3 rings (SSSR count). The Hall–Kier alpha value is -3.92. The zero-order valence-corrected chi connectivity index (χ0v) is 23.3. The second-order valence-corrected chi connectivity index (χ2v) is 11.3. The number of sulfonamides is 1. The fourth-order valence-electron chi connectivity index (χ4n) is 3.82. The summed E-state index contributed by atoms with van der Waals surface area (Å²) in [5.41, 5.74) is 0.887. The lowest BCUT2D eigenvalue weighted by Gasteiger charge is -2.32. The topological polar surface area (TPSA) is 96.0 Å². The van der Waals surface area contributed by atoms with E-state index in [1.54, 1.807) is 37.3 Å². The molecule has 0 radical (unpaired) electrons. The van der Waals surface area contributed by atoms with E-state index in [4.69, 9.17) is 4.74 Å². The van der Waals surface area contributed by atoms with Crippen molar-refractivity contribution in [3.8, 4) is 5.75 Å². The number of anilines is 1. The number of hydrogen-bond donors (Lipinski definition) is 1. The van der Waals surface area contributed by atoms with Crippen molar-refractivity contribution < 1.29 is 27.1 Å². The maximum absolute atomic E-state index is 13.8. The third-order valence-electron chi connectivity index (χ3n) is 6.09. The summed E-state index contributed by atoms with van der Waals surface area (Å²) in [5.74, 6) is -0.704. The summed E-state index contributed by atoms with van der Waals surface area (Å²) >= 11 is 0. The molecule has 0 heterocycles. The minimum absolute atomic E-state index is 0.0133. The first-order valence-electron chi connectivity index (χ1n) is 12.6. The van der Waals surface area contributed by atoms with Gasteiger partial charge in [0.05, 0.1) is 17.7 Å². The van der Waals surface area contributed by atoms with Gasteiger partial charge in [0.25, 0.3) is 10.0 Å². The number of benzene rings is 3. The van der Waals surface area contributed by atoms with Gasteiger partial charge in [-0.2, -0.15) is 0 Å². The van der Waals surface area contributed by atoms with Gasteiger partial charge in [-0.15, -0.1) is 0 Å². The van der Waals surface area contributed by atoms with Gasteiger partial charge in [-0.25, -0.2) is 12.8 Å². The molecule has 0 aliphatic rings. The minimum atomic E-state index is -4.17. The van der Waals surface area contributed by atoms with Gasteiger partial charge in [0.1, 0.15) is 24.2 Å². The highest BCUT2D eigenvalue weighted by Crippen LogP contribution is 2.25. The molecule has 0 aromatic heterocycles. The van der Waals surface area contributed by atoms with Crippen molar-refractivity contribution in [2.24, 2.45) is 5.92 Å². The normalized spacial score (nSPS) is 12.1. The first kappa shape index (κ1) is 29.6. The molecule has 8 nitrogen and oxygen atoms in total. The first-order valence-corrected chi connectivity index (χ1v) is 14.0. The predicted molar refractivity (Wildman–Crippen MR) is 148 cm³/mol. The van der Waals surface area contributed by atoms with Crippen molar-refractivity contribution >= 4 is 27.5 Å². The fourth-order valence-corrected chi connectivity index (χ4v) is 5.23. The largest absolute Gasteiger partial charge is 0.497 e. The molecule has 2 amide bonds. The highest BCUT2D eigenvalue weighted by molar-refractivity contribution is 7.92. The molecule has 0 unspecified atom stereocenters. The van der Waals surface area contributed by atoms with E-state index in [0.717, 1.165) is 4.31 Å². The van der Waals surface area contributed by atoms with Crippen LogP contribution in [0.15, 0.2) is 83.8 Å². The van der Waals surface area contributed by atoms with Crippen LogP contribution < -0.4 is 14.4 Å². The Bertz CT molecular complexity index is 1350. The van der Waals surface area contributed by atoms with Gasteiger partial charge in [0, 0.05) is 13.1 Å². The van der Waals surface area contributed by atoms with Crippen LogP contribution in [-0.4, -0.2) is 51.4 Å². The first-order chi connectivity index (χ1) is 18.5. The minimum Gasteiger partial charge on any atom is -0.497 e. The average Bonchev–Trinajstić information content (AvgIpc) is 2.94. The molecule has 10 heteroatoms. The van der Waals surface area contributed by atoms with Gasteiger partial charge in [-0.05, 0) is 66.9 Å². The summed E-state index contributed by atoms with van der Waals surface area (Å²) in [6.45, 7) is 5.34. The lowest BCUT2D eigenvalue weighted by Crippen LogP contribution is -2.51. The van der Waals surface area contributed by atoms with Crippen LogP contribution in [0.1, 0.15) is 26.3 Å². The highest BCUT2D eigenvalue weighted by Gasteiger charge is 2.32. The second kappa shape index (κ2) is 13.2. The Morgan fingerprint density at radius 3 is 2.10 bits per heavy atom. The van der Waals surface area contributed by atoms with Gasteiger partial charge in [0.15, 0.2) is 0 Å². The van der Waals surface area contributed by atoms with E-state index in [-0.39, 0.29) is 23.3 Å². The number of para-hydroxylation sites is 1. The Labute approximate surface area is 229 Å². The molecule has 0 fully saturated rings. The van der Waals surface area contributed by atoms with Gasteiger partial charge in [-0.1, -0.05) is 44.2 Å². The Morgan fingerprint density at radius 2 is 1.54 bits per heavy atom. The standard InChI is InChI=1S/C29H34FN3O5S/c1-21(2)18-31-29(35)22(3)32(19-23-10-12-24(30)13-11-23)28(34)20-33(25-8-6-5-7-9-25)39(36,37)27-16-14-26(38-4)15-17-27/h5-17,21-22H,18-20H2,1-4H3,(H,31,35)/t22-/m0/s1. The van der Waals surface area contributed by atoms with Crippen LogP contribution in [0.4, 0.5) is 10.1 Å². The van der Waals surface area contributed by atoms with Crippen molar-refractivity contribution in [3.63, 3.8) is 0 Å². The van der Waals surface area contributed by atoms with E-state index in [2.05, 4.69) is 5.32 Å². The summed E-state index contributed by atoms with van der Waals surface area (Å²) in [6, 6.07) is 18.8. The Balaban J connectivity index is 1.98. The molecule has 208 valence electrons. The number of ether oxygens (including phenoxy) is 1. The van der Waals surface area contributed by atoms with E-state index in [1.807, 2.05) is 13.8 Å². The van der Waals surface area contributed by atoms with Gasteiger partial charge < -0.3 is 15.0 Å². The van der Waals surface area contributed by atoms with Gasteiger partial charge >= 0.3 is 0 Å². The number of halogens is 1. The van der Waals surface area contributed by atoms with Crippen LogP contribution in [0.5, 0.6) is 5.75 Å². The van der Waals surface area contributed by atoms with Gasteiger partial charge in [-0.3, -0.25) is 13.9 Å². The third-order valence-corrected chi connectivity index (χ3v) is 7.88. The number of methoxy groups -OCH3 is 1. The predicted octanol–water partition coefficient (Wildman–Crippen LogP) is 4.22. The number of rotatable bonds is 12. The summed E-state index contributed by atoms with van der Waals surface area (Å²) in [6.07, 6.45) is 0. The summed E-state index contributed by atoms with van der Waals surface area (Å²) in [5, 5.41) is 2.83. The smallest absolute Gasteiger partial charge is 0.264 e. The number of nitrogens with one attached hydrogen (secondary N) is 1. The maximum atomic E-state index is 13.8. The number of carbonyl (C=O) groups excluding carboxylic acids is 2. The van der Waals surface area contributed by atoms with Crippen molar-refractivity contribution in [2.75, 3.05) is 24.5 Å². The van der Waals surface area contributed by atoms with Crippen LogP contribution in [-0.2, 0) is 26.2 Å². The Kier molecular flexibility index (Phi) is 10.1. The molecule has 0 bridgehead atoms. The van der Waals surface area contributed by atoms with E-state index < -0.39 is 34.3 Å². The molecule has 1 atom stereocenters. The van der Waals surface area contributed by atoms with Gasteiger partial charge in [0.2, 0.25) is 11.8 Å². The monoisotopic (exact) mass is 555 g/mol. The molecular formula is C29H34FN3O5S. The fraction of sp³-hybridized carbons (Fsp3) is 0.310. The molecular weight excluding hydrogens is 521 g/mol. The SMILES string of the molecule is COc1ccc(S(=O)(=O)N(CC(=O)N(Cc2ccc(F)cc2)[C@@H](C)C(=O)NCC(C)C)c2ccccc2)cc1. The lowest BCUT2D eigenvalue weighted by atomic mass is 10.1. The zero-order valence-electron chi connectivity index (χ0n) is 22.5. The number of amides is 2. The number of hydrogen-bond acceptors (Lipinski definition) is 5. The van der Waals surface area contributed by atoms with Crippen molar-refractivity contribution in [3.05, 3.63) is 90.2 Å². The second-order valence-electron chi connectivity index (χ2n) is 9.49. The van der Waals surface area contributed by atoms with Crippen LogP contribution in [0.2, 0.25) is 0 Å². The molecule has 0 spiro atoms. The van der Waals surface area contributed by atoms with Crippen molar-refractivity contribution in [2.45, 2.75) is 38.3 Å². The quantitative estimate of drug-likeness (QED) is 0.361. The van der Waals surface area contributed by atoms with E-state index in [1.165, 1.54) is 60.5 Å². The lowest BCUT2D eigenvalue weighted by molar-refractivity contribution is -0.139. The number of carbonyl (C=O) groups is 2. The Morgan fingerprint density at radius 1 is 0.923 bits per heavy atom. The summed E-state index contributed by atoms with van der Waals surface area (Å²) in [7, 11) is -2.69.